The summed E-state index contributed by atoms with van der Waals surface area (Å²) >= 11 is 0. The molecule has 20 heavy (non-hydrogen) atoms. The highest BCUT2D eigenvalue weighted by atomic mass is 16.1. The van der Waals surface area contributed by atoms with Crippen molar-refractivity contribution in [2.45, 2.75) is 38.3 Å². The maximum atomic E-state index is 12.6. The molecule has 0 radical (unpaired) electrons. The average molecular weight is 271 g/mol. The van der Waals surface area contributed by atoms with E-state index in [9.17, 15) is 9.59 Å². The lowest BCUT2D eigenvalue weighted by Crippen LogP contribution is -2.44. The van der Waals surface area contributed by atoms with Crippen LogP contribution >= 0.6 is 0 Å². The van der Waals surface area contributed by atoms with E-state index >= 15 is 0 Å². The van der Waals surface area contributed by atoms with Gasteiger partial charge >= 0.3 is 0 Å². The molecule has 1 aromatic carbocycles. The second-order valence-corrected chi connectivity index (χ2v) is 6.24. The van der Waals surface area contributed by atoms with Gasteiger partial charge in [-0.1, -0.05) is 30.3 Å². The molecular formula is C17H21NO2. The molecule has 2 aliphatic heterocycles. The van der Waals surface area contributed by atoms with Crippen LogP contribution in [-0.2, 0) is 4.79 Å². The number of Topliss-reactive ketones (excluding diaryl/α,β-unsaturated/α-hetero) is 2. The Balaban J connectivity index is 1.79. The molecule has 2 fully saturated rings. The summed E-state index contributed by atoms with van der Waals surface area (Å²) in [6.45, 7) is 1.69. The number of rotatable bonds is 3. The molecule has 0 aliphatic carbocycles. The fraction of sp³-hybridized carbons (Fsp3) is 0.529. The minimum Gasteiger partial charge on any atom is -0.300 e. The van der Waals surface area contributed by atoms with Crippen LogP contribution in [0.25, 0.3) is 0 Å². The number of carbonyl (C=O) groups is 2. The van der Waals surface area contributed by atoms with E-state index in [1.54, 1.807) is 6.92 Å². The van der Waals surface area contributed by atoms with Gasteiger partial charge in [-0.15, -0.1) is 0 Å². The molecule has 2 aliphatic rings. The molecule has 4 atom stereocenters. The molecule has 0 amide bonds. The number of piperidine rings is 1. The van der Waals surface area contributed by atoms with Crippen LogP contribution in [0.2, 0.25) is 0 Å². The van der Waals surface area contributed by atoms with Crippen molar-refractivity contribution in [3.8, 4) is 0 Å². The van der Waals surface area contributed by atoms with E-state index in [-0.39, 0.29) is 29.4 Å². The van der Waals surface area contributed by atoms with Crippen molar-refractivity contribution in [2.75, 3.05) is 7.05 Å². The van der Waals surface area contributed by atoms with Crippen LogP contribution in [0, 0.1) is 11.8 Å². The number of fused-ring (bicyclic) bond motifs is 2. The standard InChI is InChI=1S/C17H21NO2/c1-11(19)15-10-14-8-13(9-16(15)18(14)2)17(20)12-6-4-3-5-7-12/h3-7,13-16H,8-10H2,1-2H3/t13?,14-,15?,16+/m0/s1. The summed E-state index contributed by atoms with van der Waals surface area (Å²) in [5.74, 6) is 0.724. The first-order valence-corrected chi connectivity index (χ1v) is 7.39. The van der Waals surface area contributed by atoms with E-state index < -0.39 is 0 Å². The van der Waals surface area contributed by atoms with E-state index in [2.05, 4.69) is 11.9 Å². The Morgan fingerprint density at radius 1 is 1.10 bits per heavy atom. The third-order valence-electron chi connectivity index (χ3n) is 5.12. The van der Waals surface area contributed by atoms with Crippen molar-refractivity contribution in [3.05, 3.63) is 35.9 Å². The minimum absolute atomic E-state index is 0.0768. The van der Waals surface area contributed by atoms with Gasteiger partial charge in [-0.05, 0) is 33.2 Å². The first-order chi connectivity index (χ1) is 9.58. The van der Waals surface area contributed by atoms with Crippen LogP contribution in [0.3, 0.4) is 0 Å². The van der Waals surface area contributed by atoms with E-state index in [1.165, 1.54) is 0 Å². The zero-order valence-corrected chi connectivity index (χ0v) is 12.1. The van der Waals surface area contributed by atoms with Crippen LogP contribution in [0.15, 0.2) is 30.3 Å². The van der Waals surface area contributed by atoms with Gasteiger partial charge in [0.1, 0.15) is 5.78 Å². The topological polar surface area (TPSA) is 37.4 Å². The van der Waals surface area contributed by atoms with Gasteiger partial charge in [0.25, 0.3) is 0 Å². The van der Waals surface area contributed by atoms with Gasteiger partial charge < -0.3 is 0 Å². The Morgan fingerprint density at radius 3 is 2.45 bits per heavy atom. The smallest absolute Gasteiger partial charge is 0.166 e. The number of benzene rings is 1. The minimum atomic E-state index is 0.0768. The fourth-order valence-corrected chi connectivity index (χ4v) is 3.97. The molecule has 0 spiro atoms. The number of carbonyl (C=O) groups excluding carboxylic acids is 2. The summed E-state index contributed by atoms with van der Waals surface area (Å²) in [5, 5.41) is 0. The second kappa shape index (κ2) is 5.13. The molecule has 1 aromatic rings. The summed E-state index contributed by atoms with van der Waals surface area (Å²) < 4.78 is 0. The summed E-state index contributed by atoms with van der Waals surface area (Å²) in [6.07, 6.45) is 2.64. The Kier molecular flexibility index (Phi) is 3.47. The first-order valence-electron chi connectivity index (χ1n) is 7.39. The Morgan fingerprint density at radius 2 is 1.80 bits per heavy atom. The highest BCUT2D eigenvalue weighted by Crippen LogP contribution is 2.42. The molecular weight excluding hydrogens is 250 g/mol. The molecule has 0 saturated carbocycles. The van der Waals surface area contributed by atoms with E-state index in [4.69, 9.17) is 0 Å². The number of hydrogen-bond donors (Lipinski definition) is 0. The average Bonchev–Trinajstić information content (AvgIpc) is 2.65. The van der Waals surface area contributed by atoms with Gasteiger partial charge in [-0.25, -0.2) is 0 Å². The van der Waals surface area contributed by atoms with E-state index in [0.717, 1.165) is 24.8 Å². The molecule has 2 heterocycles. The first kappa shape index (κ1) is 13.5. The SMILES string of the molecule is CC(=O)C1C[C@@H]2CC(C(=O)c3ccccc3)C[C@H]1N2C. The van der Waals surface area contributed by atoms with Crippen molar-refractivity contribution < 1.29 is 9.59 Å². The van der Waals surface area contributed by atoms with Gasteiger partial charge in [0.2, 0.25) is 0 Å². The molecule has 2 bridgehead atoms. The zero-order chi connectivity index (χ0) is 14.3. The van der Waals surface area contributed by atoms with Crippen LogP contribution < -0.4 is 0 Å². The van der Waals surface area contributed by atoms with E-state index in [1.807, 2.05) is 30.3 Å². The monoisotopic (exact) mass is 271 g/mol. The summed E-state index contributed by atoms with van der Waals surface area (Å²) in [7, 11) is 2.10. The Hall–Kier alpha value is -1.48. The van der Waals surface area contributed by atoms with Gasteiger partial charge in [0.05, 0.1) is 0 Å². The Bertz CT molecular complexity index is 525. The largest absolute Gasteiger partial charge is 0.300 e. The van der Waals surface area contributed by atoms with Gasteiger partial charge in [-0.3, -0.25) is 14.5 Å². The second-order valence-electron chi connectivity index (χ2n) is 6.24. The number of nitrogens with zero attached hydrogens (tertiary/aromatic N) is 1. The van der Waals surface area contributed by atoms with Gasteiger partial charge in [0, 0.05) is 29.5 Å². The lowest BCUT2D eigenvalue weighted by molar-refractivity contribution is -0.121. The number of ketones is 2. The van der Waals surface area contributed by atoms with Crippen molar-refractivity contribution >= 4 is 11.6 Å². The molecule has 3 rings (SSSR count). The molecule has 0 aromatic heterocycles. The van der Waals surface area contributed by atoms with Crippen molar-refractivity contribution in [1.29, 1.82) is 0 Å². The molecule has 0 N–H and O–H groups in total. The van der Waals surface area contributed by atoms with Crippen LogP contribution in [-0.4, -0.2) is 35.6 Å². The van der Waals surface area contributed by atoms with E-state index in [0.29, 0.717) is 6.04 Å². The fourth-order valence-electron chi connectivity index (χ4n) is 3.97. The quantitative estimate of drug-likeness (QED) is 0.793. The molecule has 106 valence electrons. The maximum absolute atomic E-state index is 12.6. The normalized spacial score (nSPS) is 33.1. The zero-order valence-electron chi connectivity index (χ0n) is 12.1. The Labute approximate surface area is 120 Å². The van der Waals surface area contributed by atoms with Gasteiger partial charge in [0.15, 0.2) is 5.78 Å². The molecule has 3 nitrogen and oxygen atoms in total. The number of hydrogen-bond acceptors (Lipinski definition) is 3. The summed E-state index contributed by atoms with van der Waals surface area (Å²) in [4.78, 5) is 26.7. The van der Waals surface area contributed by atoms with Crippen molar-refractivity contribution in [1.82, 2.24) is 4.90 Å². The van der Waals surface area contributed by atoms with Crippen LogP contribution in [0.5, 0.6) is 0 Å². The lowest BCUT2D eigenvalue weighted by atomic mass is 9.84. The highest BCUT2D eigenvalue weighted by molar-refractivity contribution is 5.98. The maximum Gasteiger partial charge on any atom is 0.166 e. The van der Waals surface area contributed by atoms with Crippen LogP contribution in [0.4, 0.5) is 0 Å². The van der Waals surface area contributed by atoms with Crippen LogP contribution in [0.1, 0.15) is 36.5 Å². The summed E-state index contributed by atoms with van der Waals surface area (Å²) in [6, 6.07) is 10.2. The third kappa shape index (κ3) is 2.20. The van der Waals surface area contributed by atoms with Crippen molar-refractivity contribution in [2.24, 2.45) is 11.8 Å². The highest BCUT2D eigenvalue weighted by Gasteiger charge is 2.47. The predicted octanol–water partition coefficient (Wildman–Crippen LogP) is 2.56. The molecule has 2 unspecified atom stereocenters. The summed E-state index contributed by atoms with van der Waals surface area (Å²) in [5.41, 5.74) is 0.806. The van der Waals surface area contributed by atoms with Gasteiger partial charge in [-0.2, -0.15) is 0 Å². The van der Waals surface area contributed by atoms with Crippen molar-refractivity contribution in [3.63, 3.8) is 0 Å². The molecule has 2 saturated heterocycles. The lowest BCUT2D eigenvalue weighted by Gasteiger charge is -2.36. The third-order valence-corrected chi connectivity index (χ3v) is 5.12. The molecule has 3 heteroatoms. The predicted molar refractivity (Wildman–Crippen MR) is 77.6 cm³/mol.